The molecule has 1 aromatic rings. The molecule has 0 amide bonds. The molecule has 0 radical (unpaired) electrons. The van der Waals surface area contributed by atoms with Gasteiger partial charge in [-0.1, -0.05) is 0 Å². The number of aromatic carboxylic acids is 1. The smallest absolute Gasteiger partial charge is 0.339 e. The molecule has 0 aromatic heterocycles. The van der Waals surface area contributed by atoms with Crippen molar-refractivity contribution in [1.82, 2.24) is 0 Å². The Bertz CT molecular complexity index is 417. The van der Waals surface area contributed by atoms with Crippen molar-refractivity contribution in [2.75, 3.05) is 0 Å². The summed E-state index contributed by atoms with van der Waals surface area (Å²) in [5.74, 6) is -4.12. The Balaban J connectivity index is 3.43. The van der Waals surface area contributed by atoms with Crippen LogP contribution in [0.1, 0.15) is 10.4 Å². The van der Waals surface area contributed by atoms with Gasteiger partial charge in [-0.2, -0.15) is 0 Å². The van der Waals surface area contributed by atoms with Crippen molar-refractivity contribution >= 4 is 11.7 Å². The second-order valence-electron chi connectivity index (χ2n) is 2.39. The van der Waals surface area contributed by atoms with Crippen LogP contribution in [-0.4, -0.2) is 21.1 Å². The minimum Gasteiger partial charge on any atom is -0.505 e. The number of nitro groups is 1. The number of hydrogen-bond acceptors (Lipinski definition) is 4. The number of phenolic OH excluding ortho intramolecular Hbond substituents is 1. The van der Waals surface area contributed by atoms with Crippen molar-refractivity contribution in [3.05, 3.63) is 33.6 Å². The summed E-state index contributed by atoms with van der Waals surface area (Å²) in [6.07, 6.45) is 0. The van der Waals surface area contributed by atoms with Gasteiger partial charge in [0.25, 0.3) is 5.69 Å². The van der Waals surface area contributed by atoms with Crippen LogP contribution in [0, 0.1) is 15.9 Å². The number of non-ortho nitro benzene ring substituents is 1. The topological polar surface area (TPSA) is 101 Å². The number of nitrogens with zero attached hydrogens (tertiary/aromatic N) is 1. The lowest BCUT2D eigenvalue weighted by Gasteiger charge is -1.99. The molecule has 0 saturated heterocycles. The average molecular weight is 201 g/mol. The summed E-state index contributed by atoms with van der Waals surface area (Å²) in [4.78, 5) is 19.7. The number of phenols is 1. The summed E-state index contributed by atoms with van der Waals surface area (Å²) in [5.41, 5.74) is -1.61. The fourth-order valence-corrected chi connectivity index (χ4v) is 0.855. The highest BCUT2D eigenvalue weighted by molar-refractivity contribution is 5.89. The third kappa shape index (κ3) is 1.60. The molecule has 0 aliphatic rings. The number of benzene rings is 1. The number of carboxylic acid groups (broad SMARTS) is 1. The third-order valence-electron chi connectivity index (χ3n) is 1.48. The zero-order valence-corrected chi connectivity index (χ0v) is 6.60. The van der Waals surface area contributed by atoms with Crippen LogP contribution in [0.15, 0.2) is 12.1 Å². The van der Waals surface area contributed by atoms with E-state index in [1.165, 1.54) is 0 Å². The summed E-state index contributed by atoms with van der Waals surface area (Å²) in [5, 5.41) is 27.5. The second-order valence-corrected chi connectivity index (χ2v) is 2.39. The zero-order valence-electron chi connectivity index (χ0n) is 6.60. The molecule has 0 heterocycles. The number of carbonyl (C=O) groups is 1. The van der Waals surface area contributed by atoms with E-state index in [0.29, 0.717) is 12.1 Å². The fraction of sp³-hybridized carbons (Fsp3) is 0. The predicted molar refractivity (Wildman–Crippen MR) is 41.7 cm³/mol. The van der Waals surface area contributed by atoms with Gasteiger partial charge in [0.15, 0.2) is 11.6 Å². The standard InChI is InChI=1S/C7H4FNO5/c8-6-4(7(11)12)1-3(9(13)14)2-5(6)10/h1-2,10H,(H,11,12). The Morgan fingerprint density at radius 1 is 1.50 bits per heavy atom. The van der Waals surface area contributed by atoms with Gasteiger partial charge in [0.2, 0.25) is 0 Å². The molecule has 0 aliphatic heterocycles. The molecule has 0 spiro atoms. The first-order valence-electron chi connectivity index (χ1n) is 3.33. The van der Waals surface area contributed by atoms with E-state index in [9.17, 15) is 19.3 Å². The minimum atomic E-state index is -1.68. The number of nitro benzene ring substituents is 1. The molecular weight excluding hydrogens is 197 g/mol. The lowest BCUT2D eigenvalue weighted by molar-refractivity contribution is -0.385. The van der Waals surface area contributed by atoms with Gasteiger partial charge in [0, 0.05) is 6.07 Å². The van der Waals surface area contributed by atoms with Gasteiger partial charge in [-0.3, -0.25) is 10.1 Å². The number of hydrogen-bond donors (Lipinski definition) is 2. The van der Waals surface area contributed by atoms with Crippen LogP contribution in [0.5, 0.6) is 5.75 Å². The van der Waals surface area contributed by atoms with Crippen LogP contribution in [0.25, 0.3) is 0 Å². The van der Waals surface area contributed by atoms with Gasteiger partial charge in [0.1, 0.15) is 5.56 Å². The van der Waals surface area contributed by atoms with Gasteiger partial charge < -0.3 is 10.2 Å². The number of halogens is 1. The molecule has 0 saturated carbocycles. The van der Waals surface area contributed by atoms with E-state index in [0.717, 1.165) is 0 Å². The lowest BCUT2D eigenvalue weighted by Crippen LogP contribution is -2.02. The SMILES string of the molecule is O=C(O)c1cc([N+](=O)[O-])cc(O)c1F. The first-order valence-corrected chi connectivity index (χ1v) is 3.33. The van der Waals surface area contributed by atoms with Crippen LogP contribution in [0.2, 0.25) is 0 Å². The summed E-state index contributed by atoms with van der Waals surface area (Å²) in [6, 6.07) is 1.08. The average Bonchev–Trinajstić information content (AvgIpc) is 2.08. The number of aromatic hydroxyl groups is 1. The second kappa shape index (κ2) is 3.29. The van der Waals surface area contributed by atoms with Crippen molar-refractivity contribution in [1.29, 1.82) is 0 Å². The van der Waals surface area contributed by atoms with Crippen molar-refractivity contribution in [2.45, 2.75) is 0 Å². The summed E-state index contributed by atoms with van der Waals surface area (Å²) < 4.78 is 12.8. The van der Waals surface area contributed by atoms with Crippen molar-refractivity contribution in [3.63, 3.8) is 0 Å². The normalized spacial score (nSPS) is 9.79. The Morgan fingerprint density at radius 2 is 2.07 bits per heavy atom. The number of carboxylic acids is 1. The maximum absolute atomic E-state index is 12.8. The molecule has 1 aromatic carbocycles. The van der Waals surface area contributed by atoms with Crippen molar-refractivity contribution in [2.24, 2.45) is 0 Å². The molecule has 0 unspecified atom stereocenters. The first kappa shape index (κ1) is 9.90. The molecule has 0 atom stereocenters. The molecule has 2 N–H and O–H groups in total. The van der Waals surface area contributed by atoms with Gasteiger partial charge >= 0.3 is 5.97 Å². The zero-order chi connectivity index (χ0) is 10.9. The third-order valence-corrected chi connectivity index (χ3v) is 1.48. The Morgan fingerprint density at radius 3 is 2.50 bits per heavy atom. The van der Waals surface area contributed by atoms with E-state index < -0.39 is 33.7 Å². The summed E-state index contributed by atoms with van der Waals surface area (Å²) in [6.45, 7) is 0. The van der Waals surface area contributed by atoms with Gasteiger partial charge in [-0.05, 0) is 0 Å². The van der Waals surface area contributed by atoms with Gasteiger partial charge in [0.05, 0.1) is 11.0 Å². The van der Waals surface area contributed by atoms with E-state index in [1.807, 2.05) is 0 Å². The van der Waals surface area contributed by atoms with Gasteiger partial charge in [-0.15, -0.1) is 0 Å². The highest BCUT2D eigenvalue weighted by Crippen LogP contribution is 2.25. The van der Waals surface area contributed by atoms with Crippen molar-refractivity contribution in [3.8, 4) is 5.75 Å². The van der Waals surface area contributed by atoms with E-state index in [4.69, 9.17) is 10.2 Å². The molecule has 1 rings (SSSR count). The van der Waals surface area contributed by atoms with E-state index in [2.05, 4.69) is 0 Å². The van der Waals surface area contributed by atoms with Crippen LogP contribution in [0.4, 0.5) is 10.1 Å². The Kier molecular flexibility index (Phi) is 2.32. The number of rotatable bonds is 2. The monoisotopic (exact) mass is 201 g/mol. The highest BCUT2D eigenvalue weighted by atomic mass is 19.1. The van der Waals surface area contributed by atoms with Crippen LogP contribution in [0.3, 0.4) is 0 Å². The molecular formula is C7H4FNO5. The molecule has 0 bridgehead atoms. The molecule has 0 fully saturated rings. The maximum Gasteiger partial charge on any atom is 0.339 e. The fourth-order valence-electron chi connectivity index (χ4n) is 0.855. The highest BCUT2D eigenvalue weighted by Gasteiger charge is 2.20. The largest absolute Gasteiger partial charge is 0.505 e. The predicted octanol–water partition coefficient (Wildman–Crippen LogP) is 1.14. The minimum absolute atomic E-state index is 0.539. The molecule has 6 nitrogen and oxygen atoms in total. The van der Waals surface area contributed by atoms with Crippen LogP contribution in [-0.2, 0) is 0 Å². The van der Waals surface area contributed by atoms with Gasteiger partial charge in [-0.25, -0.2) is 9.18 Å². The van der Waals surface area contributed by atoms with E-state index in [1.54, 1.807) is 0 Å². The molecule has 14 heavy (non-hydrogen) atoms. The van der Waals surface area contributed by atoms with E-state index >= 15 is 0 Å². The maximum atomic E-state index is 12.8. The molecule has 7 heteroatoms. The first-order chi connectivity index (χ1) is 6.43. The Labute approximate surface area is 76.4 Å². The lowest BCUT2D eigenvalue weighted by atomic mass is 10.2. The quantitative estimate of drug-likeness (QED) is 0.551. The molecule has 0 aliphatic carbocycles. The van der Waals surface area contributed by atoms with Crippen molar-refractivity contribution < 1.29 is 24.3 Å². The van der Waals surface area contributed by atoms with Crippen LogP contribution < -0.4 is 0 Å². The summed E-state index contributed by atoms with van der Waals surface area (Å²) in [7, 11) is 0. The Hall–Kier alpha value is -2.18. The van der Waals surface area contributed by atoms with Crippen LogP contribution >= 0.6 is 0 Å². The van der Waals surface area contributed by atoms with E-state index in [-0.39, 0.29) is 0 Å². The molecule has 74 valence electrons. The summed E-state index contributed by atoms with van der Waals surface area (Å²) >= 11 is 0.